The van der Waals surface area contributed by atoms with Crippen molar-refractivity contribution in [2.75, 3.05) is 0 Å². The van der Waals surface area contributed by atoms with Crippen LogP contribution in [-0.4, -0.2) is 0 Å². The Bertz CT molecular complexity index is 405. The molecule has 0 saturated heterocycles. The molecule has 0 saturated carbocycles. The maximum absolute atomic E-state index is 5.85. The molecule has 0 amide bonds. The van der Waals surface area contributed by atoms with E-state index < -0.39 is 0 Å². The molecule has 0 spiro atoms. The van der Waals surface area contributed by atoms with Crippen LogP contribution in [0.25, 0.3) is 5.70 Å². The lowest BCUT2D eigenvalue weighted by Crippen LogP contribution is -1.95. The second-order valence-corrected chi connectivity index (χ2v) is 3.02. The van der Waals surface area contributed by atoms with Gasteiger partial charge in [-0.3, -0.25) is 0 Å². The first-order chi connectivity index (χ1) is 6.74. The summed E-state index contributed by atoms with van der Waals surface area (Å²) in [5.74, 6) is 2.41. The van der Waals surface area contributed by atoms with Gasteiger partial charge in [-0.2, -0.15) is 0 Å². The molecule has 70 valence electrons. The van der Waals surface area contributed by atoms with Crippen molar-refractivity contribution in [2.45, 2.75) is 6.92 Å². The van der Waals surface area contributed by atoms with Crippen molar-refractivity contribution >= 4 is 5.70 Å². The standard InChI is InChI=1S/C13H13N/c1-3-4-5-9-13(14)12-8-6-7-11(2)10-12/h1,4-10H,14H2,2H3/b5-4-,13-9-. The molecular formula is C13H13N. The molecule has 0 aliphatic rings. The Morgan fingerprint density at radius 3 is 2.93 bits per heavy atom. The van der Waals surface area contributed by atoms with E-state index in [0.29, 0.717) is 0 Å². The van der Waals surface area contributed by atoms with Gasteiger partial charge in [-0.1, -0.05) is 35.8 Å². The summed E-state index contributed by atoms with van der Waals surface area (Å²) >= 11 is 0. The second kappa shape index (κ2) is 4.94. The molecule has 0 radical (unpaired) electrons. The lowest BCUT2D eigenvalue weighted by molar-refractivity contribution is 1.42. The van der Waals surface area contributed by atoms with Gasteiger partial charge in [0.15, 0.2) is 0 Å². The minimum atomic E-state index is 0.722. The van der Waals surface area contributed by atoms with Crippen LogP contribution in [0.1, 0.15) is 11.1 Å². The summed E-state index contributed by atoms with van der Waals surface area (Å²) in [4.78, 5) is 0. The molecule has 1 rings (SSSR count). The van der Waals surface area contributed by atoms with Crippen LogP contribution in [0, 0.1) is 19.3 Å². The van der Waals surface area contributed by atoms with Gasteiger partial charge in [-0.25, -0.2) is 0 Å². The van der Waals surface area contributed by atoms with Crippen molar-refractivity contribution in [2.24, 2.45) is 5.73 Å². The summed E-state index contributed by atoms with van der Waals surface area (Å²) in [5.41, 5.74) is 8.78. The first kappa shape index (κ1) is 10.1. The Labute approximate surface area is 84.9 Å². The molecule has 1 heteroatoms. The topological polar surface area (TPSA) is 26.0 Å². The summed E-state index contributed by atoms with van der Waals surface area (Å²) in [6.45, 7) is 2.04. The third-order valence-corrected chi connectivity index (χ3v) is 1.82. The molecule has 0 atom stereocenters. The molecule has 1 aromatic carbocycles. The number of nitrogens with two attached hydrogens (primary N) is 1. The lowest BCUT2D eigenvalue weighted by Gasteiger charge is -2.01. The van der Waals surface area contributed by atoms with Gasteiger partial charge in [0.25, 0.3) is 0 Å². The zero-order valence-electron chi connectivity index (χ0n) is 8.20. The quantitative estimate of drug-likeness (QED) is 0.553. The fraction of sp³-hybridized carbons (Fsp3) is 0.0769. The summed E-state index contributed by atoms with van der Waals surface area (Å²) in [7, 11) is 0. The van der Waals surface area contributed by atoms with Crippen molar-refractivity contribution in [1.29, 1.82) is 0 Å². The van der Waals surface area contributed by atoms with Crippen LogP contribution in [0.4, 0.5) is 0 Å². The van der Waals surface area contributed by atoms with Gasteiger partial charge in [-0.05, 0) is 30.7 Å². The highest BCUT2D eigenvalue weighted by Crippen LogP contribution is 2.10. The number of terminal acetylenes is 1. The molecule has 0 bridgehead atoms. The van der Waals surface area contributed by atoms with Gasteiger partial charge >= 0.3 is 0 Å². The average Bonchev–Trinajstić information content (AvgIpc) is 2.18. The summed E-state index contributed by atoms with van der Waals surface area (Å²) < 4.78 is 0. The van der Waals surface area contributed by atoms with E-state index in [1.807, 2.05) is 31.2 Å². The van der Waals surface area contributed by atoms with Gasteiger partial charge in [0, 0.05) is 5.70 Å². The molecule has 2 N–H and O–H groups in total. The lowest BCUT2D eigenvalue weighted by atomic mass is 10.1. The van der Waals surface area contributed by atoms with Crippen LogP contribution in [0.2, 0.25) is 0 Å². The maximum Gasteiger partial charge on any atom is 0.0387 e. The SMILES string of the molecule is C#C/C=C\C=C(/N)c1cccc(C)c1. The smallest absolute Gasteiger partial charge is 0.0387 e. The third-order valence-electron chi connectivity index (χ3n) is 1.82. The Morgan fingerprint density at radius 2 is 2.29 bits per heavy atom. The number of rotatable bonds is 2. The molecular weight excluding hydrogens is 170 g/mol. The number of hydrogen-bond acceptors (Lipinski definition) is 1. The third kappa shape index (κ3) is 2.84. The second-order valence-electron chi connectivity index (χ2n) is 3.02. The molecule has 1 nitrogen and oxygen atoms in total. The van der Waals surface area contributed by atoms with E-state index in [1.54, 1.807) is 18.2 Å². The summed E-state index contributed by atoms with van der Waals surface area (Å²) in [6, 6.07) is 8.03. The fourth-order valence-electron chi connectivity index (χ4n) is 1.13. The predicted octanol–water partition coefficient (Wildman–Crippen LogP) is 2.48. The van der Waals surface area contributed by atoms with E-state index in [-0.39, 0.29) is 0 Å². The van der Waals surface area contributed by atoms with E-state index in [9.17, 15) is 0 Å². The highest BCUT2D eigenvalue weighted by atomic mass is 14.6. The van der Waals surface area contributed by atoms with Crippen LogP contribution < -0.4 is 5.73 Å². The van der Waals surface area contributed by atoms with E-state index in [0.717, 1.165) is 11.3 Å². The summed E-state index contributed by atoms with van der Waals surface area (Å²) in [6.07, 6.45) is 10.2. The Morgan fingerprint density at radius 1 is 1.50 bits per heavy atom. The van der Waals surface area contributed by atoms with Crippen LogP contribution in [-0.2, 0) is 0 Å². The molecule has 0 aromatic heterocycles. The fourth-order valence-corrected chi connectivity index (χ4v) is 1.13. The van der Waals surface area contributed by atoms with E-state index in [2.05, 4.69) is 5.92 Å². The number of benzene rings is 1. The number of allylic oxidation sites excluding steroid dienone is 3. The molecule has 0 aliphatic carbocycles. The van der Waals surface area contributed by atoms with Crippen LogP contribution >= 0.6 is 0 Å². The van der Waals surface area contributed by atoms with Gasteiger partial charge in [0.05, 0.1) is 0 Å². The summed E-state index contributed by atoms with van der Waals surface area (Å²) in [5, 5.41) is 0. The molecule has 0 aliphatic heterocycles. The van der Waals surface area contributed by atoms with Gasteiger partial charge in [0.1, 0.15) is 0 Å². The predicted molar refractivity (Wildman–Crippen MR) is 61.3 cm³/mol. The minimum absolute atomic E-state index is 0.722. The number of hydrogen-bond donors (Lipinski definition) is 1. The number of aryl methyl sites for hydroxylation is 1. The van der Waals surface area contributed by atoms with Gasteiger partial charge < -0.3 is 5.73 Å². The van der Waals surface area contributed by atoms with Gasteiger partial charge in [0.2, 0.25) is 0 Å². The van der Waals surface area contributed by atoms with E-state index in [1.165, 1.54) is 5.56 Å². The zero-order chi connectivity index (χ0) is 10.4. The van der Waals surface area contributed by atoms with Crippen molar-refractivity contribution in [3.63, 3.8) is 0 Å². The Hall–Kier alpha value is -1.94. The molecule has 0 heterocycles. The van der Waals surface area contributed by atoms with Crippen molar-refractivity contribution in [1.82, 2.24) is 0 Å². The largest absolute Gasteiger partial charge is 0.398 e. The van der Waals surface area contributed by atoms with Crippen molar-refractivity contribution in [3.05, 3.63) is 53.6 Å². The Balaban J connectivity index is 2.90. The van der Waals surface area contributed by atoms with Gasteiger partial charge in [-0.15, -0.1) is 6.42 Å². The molecule has 14 heavy (non-hydrogen) atoms. The van der Waals surface area contributed by atoms with E-state index in [4.69, 9.17) is 12.2 Å². The monoisotopic (exact) mass is 183 g/mol. The maximum atomic E-state index is 5.85. The highest BCUT2D eigenvalue weighted by molar-refractivity contribution is 5.64. The normalized spacial score (nSPS) is 11.6. The van der Waals surface area contributed by atoms with Crippen LogP contribution in [0.5, 0.6) is 0 Å². The minimum Gasteiger partial charge on any atom is -0.398 e. The van der Waals surface area contributed by atoms with E-state index >= 15 is 0 Å². The van der Waals surface area contributed by atoms with Crippen LogP contribution in [0.3, 0.4) is 0 Å². The van der Waals surface area contributed by atoms with Crippen molar-refractivity contribution < 1.29 is 0 Å². The van der Waals surface area contributed by atoms with Crippen LogP contribution in [0.15, 0.2) is 42.5 Å². The molecule has 1 aromatic rings. The first-order valence-corrected chi connectivity index (χ1v) is 4.39. The highest BCUT2D eigenvalue weighted by Gasteiger charge is 1.93. The average molecular weight is 183 g/mol. The molecule has 0 unspecified atom stereocenters. The van der Waals surface area contributed by atoms with Crippen molar-refractivity contribution in [3.8, 4) is 12.3 Å². The Kier molecular flexibility index (Phi) is 3.58. The first-order valence-electron chi connectivity index (χ1n) is 4.39. The molecule has 0 fully saturated rings. The zero-order valence-corrected chi connectivity index (χ0v) is 8.20.